The maximum Gasteiger partial charge on any atom is 0.305 e. The fraction of sp³-hybridized carbons (Fsp3) is 0.222. The van der Waals surface area contributed by atoms with Crippen molar-refractivity contribution in [2.75, 3.05) is 4.90 Å². The molecule has 1 atom stereocenters. The standard InChI is InChI=1S/C18H15Cl2NO3S/c1-10-2-5-15-14(6-10)21(18(24)16(25-15)8-17(22)23)9-11-3-4-12(19)13(20)7-11/h2-7,16H,8-9H2,1H3,(H,22,23). The number of nitrogens with zero attached hydrogens (tertiary/aromatic N) is 1. The van der Waals surface area contributed by atoms with Crippen LogP contribution in [0.15, 0.2) is 41.3 Å². The summed E-state index contributed by atoms with van der Waals surface area (Å²) >= 11 is 13.3. The molecule has 2 aromatic carbocycles. The smallest absolute Gasteiger partial charge is 0.305 e. The quantitative estimate of drug-likeness (QED) is 0.808. The minimum absolute atomic E-state index is 0.212. The van der Waals surface area contributed by atoms with Gasteiger partial charge >= 0.3 is 5.97 Å². The van der Waals surface area contributed by atoms with Gasteiger partial charge in [-0.25, -0.2) is 0 Å². The number of halogens is 2. The Kier molecular flexibility index (Phi) is 5.27. The van der Waals surface area contributed by atoms with Crippen molar-refractivity contribution < 1.29 is 14.7 Å². The largest absolute Gasteiger partial charge is 0.481 e. The normalized spacial score (nSPS) is 16.7. The number of aliphatic carboxylic acids is 1. The molecule has 0 bridgehead atoms. The van der Waals surface area contributed by atoms with Crippen LogP contribution in [0.1, 0.15) is 17.5 Å². The van der Waals surface area contributed by atoms with Crippen LogP contribution in [0, 0.1) is 6.92 Å². The third kappa shape index (κ3) is 3.94. The van der Waals surface area contributed by atoms with Gasteiger partial charge in [-0.15, -0.1) is 11.8 Å². The van der Waals surface area contributed by atoms with Gasteiger partial charge in [-0.1, -0.05) is 35.3 Å². The first kappa shape index (κ1) is 18.1. The average molecular weight is 396 g/mol. The van der Waals surface area contributed by atoms with Crippen molar-refractivity contribution in [3.8, 4) is 0 Å². The second-order valence-electron chi connectivity index (χ2n) is 5.85. The van der Waals surface area contributed by atoms with Gasteiger partial charge in [0.05, 0.1) is 33.9 Å². The van der Waals surface area contributed by atoms with E-state index < -0.39 is 11.2 Å². The molecule has 0 aromatic heterocycles. The van der Waals surface area contributed by atoms with Crippen LogP contribution in [-0.2, 0) is 16.1 Å². The molecule has 4 nitrogen and oxygen atoms in total. The molecule has 2 aromatic rings. The highest BCUT2D eigenvalue weighted by Crippen LogP contribution is 2.41. The molecule has 130 valence electrons. The molecule has 1 unspecified atom stereocenters. The lowest BCUT2D eigenvalue weighted by Crippen LogP contribution is -2.41. The number of benzene rings is 2. The number of hydrogen-bond acceptors (Lipinski definition) is 3. The van der Waals surface area contributed by atoms with Gasteiger partial charge < -0.3 is 10.0 Å². The van der Waals surface area contributed by atoms with Crippen LogP contribution in [0.3, 0.4) is 0 Å². The number of carbonyl (C=O) groups is 2. The highest BCUT2D eigenvalue weighted by Gasteiger charge is 2.35. The number of thioether (sulfide) groups is 1. The maximum atomic E-state index is 12.9. The first-order valence-corrected chi connectivity index (χ1v) is 9.23. The SMILES string of the molecule is Cc1ccc2c(c1)N(Cc1ccc(Cl)c(Cl)c1)C(=O)C(CC(=O)O)S2. The molecule has 7 heteroatoms. The molecule has 3 rings (SSSR count). The van der Waals surface area contributed by atoms with Crippen molar-refractivity contribution in [2.45, 2.75) is 30.0 Å². The summed E-state index contributed by atoms with van der Waals surface area (Å²) in [6.07, 6.45) is -0.214. The van der Waals surface area contributed by atoms with Crippen LogP contribution < -0.4 is 4.90 Å². The van der Waals surface area contributed by atoms with Gasteiger partial charge in [0, 0.05) is 4.90 Å². The Hall–Kier alpha value is -1.69. The third-order valence-electron chi connectivity index (χ3n) is 3.90. The number of fused-ring (bicyclic) bond motifs is 1. The van der Waals surface area contributed by atoms with Gasteiger partial charge in [0.2, 0.25) is 5.91 Å². The number of anilines is 1. The molecule has 1 N–H and O–H groups in total. The highest BCUT2D eigenvalue weighted by atomic mass is 35.5. The van der Waals surface area contributed by atoms with E-state index in [1.54, 1.807) is 17.0 Å². The third-order valence-corrected chi connectivity index (χ3v) is 5.89. The Bertz CT molecular complexity index is 856. The first-order valence-electron chi connectivity index (χ1n) is 7.59. The Balaban J connectivity index is 1.99. The van der Waals surface area contributed by atoms with Crippen LogP contribution in [0.25, 0.3) is 0 Å². The minimum atomic E-state index is -0.990. The lowest BCUT2D eigenvalue weighted by atomic mass is 10.1. The topological polar surface area (TPSA) is 57.6 Å². The number of carboxylic acid groups (broad SMARTS) is 1. The van der Waals surface area contributed by atoms with Crippen LogP contribution in [-0.4, -0.2) is 22.2 Å². The monoisotopic (exact) mass is 395 g/mol. The summed E-state index contributed by atoms with van der Waals surface area (Å²) in [6, 6.07) is 11.0. The van der Waals surface area contributed by atoms with Gasteiger partial charge in [-0.2, -0.15) is 0 Å². The summed E-state index contributed by atoms with van der Waals surface area (Å²) in [5, 5.41) is 9.33. The summed E-state index contributed by atoms with van der Waals surface area (Å²) < 4.78 is 0. The molecule has 1 heterocycles. The molecule has 1 aliphatic rings. The second kappa shape index (κ2) is 7.28. The summed E-state index contributed by atoms with van der Waals surface area (Å²) in [7, 11) is 0. The maximum absolute atomic E-state index is 12.9. The molecule has 0 fully saturated rings. The van der Waals surface area contributed by atoms with Crippen molar-refractivity contribution in [3.05, 3.63) is 57.6 Å². The fourth-order valence-corrected chi connectivity index (χ4v) is 4.22. The number of amides is 1. The molecule has 1 amide bonds. The van der Waals surface area contributed by atoms with Crippen LogP contribution in [0.4, 0.5) is 5.69 Å². The van der Waals surface area contributed by atoms with E-state index >= 15 is 0 Å². The molecular weight excluding hydrogens is 381 g/mol. The van der Waals surface area contributed by atoms with Crippen molar-refractivity contribution >= 4 is 52.5 Å². The number of carboxylic acids is 1. The Labute approximate surface area is 159 Å². The van der Waals surface area contributed by atoms with Crippen molar-refractivity contribution in [1.82, 2.24) is 0 Å². The molecule has 1 aliphatic heterocycles. The van der Waals surface area contributed by atoms with Crippen LogP contribution >= 0.6 is 35.0 Å². The van der Waals surface area contributed by atoms with Crippen molar-refractivity contribution in [3.63, 3.8) is 0 Å². The summed E-state index contributed by atoms with van der Waals surface area (Å²) in [6.45, 7) is 2.26. The van der Waals surface area contributed by atoms with E-state index in [9.17, 15) is 9.59 Å². The minimum Gasteiger partial charge on any atom is -0.481 e. The number of hydrogen-bond donors (Lipinski definition) is 1. The van der Waals surface area contributed by atoms with Crippen LogP contribution in [0.5, 0.6) is 0 Å². The van der Waals surface area contributed by atoms with Gasteiger partial charge in [0.1, 0.15) is 0 Å². The van der Waals surface area contributed by atoms with Gasteiger partial charge in [0.25, 0.3) is 0 Å². The first-order chi connectivity index (χ1) is 11.8. The summed E-state index contributed by atoms with van der Waals surface area (Å²) in [5.74, 6) is -1.20. The zero-order valence-electron chi connectivity index (χ0n) is 13.3. The Morgan fingerprint density at radius 2 is 1.96 bits per heavy atom. The summed E-state index contributed by atoms with van der Waals surface area (Å²) in [4.78, 5) is 26.5. The van der Waals surface area contributed by atoms with E-state index in [0.717, 1.165) is 21.7 Å². The van der Waals surface area contributed by atoms with Gasteiger partial charge in [-0.05, 0) is 42.3 Å². The predicted octanol–water partition coefficient (Wildman–Crippen LogP) is 4.78. The zero-order valence-corrected chi connectivity index (χ0v) is 15.7. The van der Waals surface area contributed by atoms with Crippen molar-refractivity contribution in [1.29, 1.82) is 0 Å². The molecule has 0 saturated carbocycles. The zero-order chi connectivity index (χ0) is 18.1. The lowest BCUT2D eigenvalue weighted by Gasteiger charge is -2.33. The average Bonchev–Trinajstić information content (AvgIpc) is 2.55. The number of aryl methyl sites for hydroxylation is 1. The molecule has 0 saturated heterocycles. The van der Waals surface area contributed by atoms with E-state index in [2.05, 4.69) is 0 Å². The van der Waals surface area contributed by atoms with Crippen LogP contribution in [0.2, 0.25) is 10.0 Å². The highest BCUT2D eigenvalue weighted by molar-refractivity contribution is 8.01. The van der Waals surface area contributed by atoms with E-state index in [1.807, 2.05) is 31.2 Å². The number of carbonyl (C=O) groups excluding carboxylic acids is 1. The predicted molar refractivity (Wildman–Crippen MR) is 101 cm³/mol. The van der Waals surface area contributed by atoms with Gasteiger partial charge in [0.15, 0.2) is 0 Å². The molecule has 0 spiro atoms. The Morgan fingerprint density at radius 1 is 1.20 bits per heavy atom. The van der Waals surface area contributed by atoms with Gasteiger partial charge in [-0.3, -0.25) is 9.59 Å². The molecule has 0 radical (unpaired) electrons. The lowest BCUT2D eigenvalue weighted by molar-refractivity contribution is -0.138. The second-order valence-corrected chi connectivity index (χ2v) is 7.91. The number of rotatable bonds is 4. The fourth-order valence-electron chi connectivity index (χ4n) is 2.71. The van der Waals surface area contributed by atoms with E-state index in [0.29, 0.717) is 16.6 Å². The van der Waals surface area contributed by atoms with E-state index in [-0.39, 0.29) is 12.3 Å². The van der Waals surface area contributed by atoms with Crippen molar-refractivity contribution in [2.24, 2.45) is 0 Å². The molecule has 25 heavy (non-hydrogen) atoms. The molecule has 0 aliphatic carbocycles. The van der Waals surface area contributed by atoms with E-state index in [4.69, 9.17) is 28.3 Å². The summed E-state index contributed by atoms with van der Waals surface area (Å²) in [5.41, 5.74) is 2.65. The van der Waals surface area contributed by atoms with E-state index in [1.165, 1.54) is 11.8 Å². The Morgan fingerprint density at radius 3 is 2.64 bits per heavy atom. The molecular formula is C18H15Cl2NO3S.